The molecule has 0 aliphatic carbocycles. The molecule has 2 heterocycles. The molecule has 5 heteroatoms. The summed E-state index contributed by atoms with van der Waals surface area (Å²) in [4.78, 5) is 24.8. The number of aryl methyl sites for hydroxylation is 1. The van der Waals surface area contributed by atoms with Gasteiger partial charge >= 0.3 is 0 Å². The number of amides is 2. The molecule has 16 heavy (non-hydrogen) atoms. The second-order valence-electron chi connectivity index (χ2n) is 4.01. The summed E-state index contributed by atoms with van der Waals surface area (Å²) >= 11 is 1.70. The summed E-state index contributed by atoms with van der Waals surface area (Å²) in [7, 11) is 0. The van der Waals surface area contributed by atoms with E-state index in [4.69, 9.17) is 0 Å². The van der Waals surface area contributed by atoms with Crippen molar-refractivity contribution in [3.8, 4) is 0 Å². The van der Waals surface area contributed by atoms with E-state index >= 15 is 0 Å². The van der Waals surface area contributed by atoms with Gasteiger partial charge in [0.15, 0.2) is 0 Å². The number of rotatable bonds is 3. The molecule has 2 amide bonds. The Kier molecular flexibility index (Phi) is 3.07. The Hall–Kier alpha value is -1.20. The van der Waals surface area contributed by atoms with E-state index in [2.05, 4.69) is 16.7 Å². The smallest absolute Gasteiger partial charge is 0.244 e. The minimum atomic E-state index is -0.384. The van der Waals surface area contributed by atoms with Crippen molar-refractivity contribution in [1.29, 1.82) is 0 Å². The SMILES string of the molecule is Cc1ccc(C(C)NC2CC(=O)NC2=O)s1. The summed E-state index contributed by atoms with van der Waals surface area (Å²) < 4.78 is 0. The Bertz CT molecular complexity index is 427. The molecule has 1 aromatic rings. The van der Waals surface area contributed by atoms with Crippen molar-refractivity contribution in [2.75, 3.05) is 0 Å². The van der Waals surface area contributed by atoms with Gasteiger partial charge in [-0.1, -0.05) is 0 Å². The van der Waals surface area contributed by atoms with Crippen LogP contribution in [-0.4, -0.2) is 17.9 Å². The van der Waals surface area contributed by atoms with E-state index in [0.29, 0.717) is 0 Å². The van der Waals surface area contributed by atoms with Crippen LogP contribution in [0.2, 0.25) is 0 Å². The van der Waals surface area contributed by atoms with Crippen molar-refractivity contribution < 1.29 is 9.59 Å². The molecule has 2 N–H and O–H groups in total. The molecule has 0 spiro atoms. The number of thiophene rings is 1. The highest BCUT2D eigenvalue weighted by Crippen LogP contribution is 2.23. The summed E-state index contributed by atoms with van der Waals surface area (Å²) in [6.45, 7) is 4.05. The Morgan fingerprint density at radius 3 is 2.75 bits per heavy atom. The predicted octanol–water partition coefficient (Wildman–Crippen LogP) is 1.12. The van der Waals surface area contributed by atoms with Crippen molar-refractivity contribution in [2.45, 2.75) is 32.4 Å². The maximum Gasteiger partial charge on any atom is 0.244 e. The standard InChI is InChI=1S/C11H14N2O2S/c1-6-3-4-9(16-6)7(2)12-8-5-10(14)13-11(8)15/h3-4,7-8,12H,5H2,1-2H3,(H,13,14,15). The topological polar surface area (TPSA) is 58.2 Å². The van der Waals surface area contributed by atoms with E-state index in [9.17, 15) is 9.59 Å². The lowest BCUT2D eigenvalue weighted by atomic mass is 10.2. The van der Waals surface area contributed by atoms with E-state index in [1.807, 2.05) is 19.9 Å². The largest absolute Gasteiger partial charge is 0.298 e. The van der Waals surface area contributed by atoms with Gasteiger partial charge < -0.3 is 0 Å². The predicted molar refractivity (Wildman–Crippen MR) is 62.2 cm³/mol. The van der Waals surface area contributed by atoms with E-state index in [-0.39, 0.29) is 30.3 Å². The minimum Gasteiger partial charge on any atom is -0.298 e. The van der Waals surface area contributed by atoms with Crippen LogP contribution in [0.25, 0.3) is 0 Å². The van der Waals surface area contributed by atoms with E-state index in [1.54, 1.807) is 11.3 Å². The third kappa shape index (κ3) is 2.31. The van der Waals surface area contributed by atoms with Crippen molar-refractivity contribution in [1.82, 2.24) is 10.6 Å². The molecule has 0 radical (unpaired) electrons. The van der Waals surface area contributed by atoms with Gasteiger partial charge in [-0.3, -0.25) is 20.2 Å². The highest BCUT2D eigenvalue weighted by molar-refractivity contribution is 7.12. The first kappa shape index (κ1) is 11.3. The average molecular weight is 238 g/mol. The molecule has 0 bridgehead atoms. The Balaban J connectivity index is 2.00. The highest BCUT2D eigenvalue weighted by Gasteiger charge is 2.31. The monoisotopic (exact) mass is 238 g/mol. The van der Waals surface area contributed by atoms with Gasteiger partial charge in [0.2, 0.25) is 11.8 Å². The molecule has 1 fully saturated rings. The zero-order chi connectivity index (χ0) is 11.7. The normalized spacial score (nSPS) is 22.2. The van der Waals surface area contributed by atoms with Crippen LogP contribution in [0.5, 0.6) is 0 Å². The molecule has 1 aliphatic heterocycles. The maximum atomic E-state index is 11.4. The average Bonchev–Trinajstić information content (AvgIpc) is 2.74. The summed E-state index contributed by atoms with van der Waals surface area (Å²) in [5, 5.41) is 5.46. The van der Waals surface area contributed by atoms with Gasteiger partial charge in [-0.05, 0) is 26.0 Å². The zero-order valence-electron chi connectivity index (χ0n) is 9.24. The first-order valence-corrected chi connectivity index (χ1v) is 6.04. The maximum absolute atomic E-state index is 11.4. The summed E-state index contributed by atoms with van der Waals surface area (Å²) in [6, 6.07) is 3.81. The second kappa shape index (κ2) is 4.35. The van der Waals surface area contributed by atoms with Gasteiger partial charge in [0.1, 0.15) is 0 Å². The molecular formula is C11H14N2O2S. The van der Waals surface area contributed by atoms with E-state index < -0.39 is 0 Å². The fourth-order valence-electron chi connectivity index (χ4n) is 1.76. The lowest BCUT2D eigenvalue weighted by Crippen LogP contribution is -2.37. The number of imide groups is 1. The van der Waals surface area contributed by atoms with Crippen LogP contribution in [0, 0.1) is 6.92 Å². The van der Waals surface area contributed by atoms with Gasteiger partial charge in [-0.2, -0.15) is 0 Å². The molecule has 2 unspecified atom stereocenters. The molecular weight excluding hydrogens is 224 g/mol. The second-order valence-corrected chi connectivity index (χ2v) is 5.33. The Labute approximate surface area is 98.0 Å². The van der Waals surface area contributed by atoms with Crippen LogP contribution in [0.3, 0.4) is 0 Å². The van der Waals surface area contributed by atoms with Crippen LogP contribution < -0.4 is 10.6 Å². The first-order valence-electron chi connectivity index (χ1n) is 5.22. The molecule has 1 aromatic heterocycles. The molecule has 0 aromatic carbocycles. The summed E-state index contributed by atoms with van der Waals surface area (Å²) in [5.74, 6) is -0.415. The quantitative estimate of drug-likeness (QED) is 0.776. The summed E-state index contributed by atoms with van der Waals surface area (Å²) in [5.41, 5.74) is 0. The molecule has 2 rings (SSSR count). The number of hydrogen-bond acceptors (Lipinski definition) is 4. The highest BCUT2D eigenvalue weighted by atomic mass is 32.1. The Morgan fingerprint density at radius 1 is 1.50 bits per heavy atom. The third-order valence-corrected chi connectivity index (χ3v) is 3.79. The minimum absolute atomic E-state index is 0.0975. The fourth-order valence-corrected chi connectivity index (χ4v) is 2.65. The van der Waals surface area contributed by atoms with Crippen molar-refractivity contribution in [3.63, 3.8) is 0 Å². The summed E-state index contributed by atoms with van der Waals surface area (Å²) in [6.07, 6.45) is 0.244. The number of carbonyl (C=O) groups excluding carboxylic acids is 2. The number of nitrogens with one attached hydrogen (secondary N) is 2. The third-order valence-electron chi connectivity index (χ3n) is 2.61. The van der Waals surface area contributed by atoms with Gasteiger partial charge in [-0.15, -0.1) is 11.3 Å². The molecule has 2 atom stereocenters. The van der Waals surface area contributed by atoms with Crippen molar-refractivity contribution in [3.05, 3.63) is 21.9 Å². The fraction of sp³-hybridized carbons (Fsp3) is 0.455. The number of carbonyl (C=O) groups is 2. The van der Waals surface area contributed by atoms with Gasteiger partial charge in [0, 0.05) is 15.8 Å². The molecule has 1 aliphatic rings. The first-order chi connectivity index (χ1) is 7.56. The van der Waals surface area contributed by atoms with Crippen LogP contribution >= 0.6 is 11.3 Å². The van der Waals surface area contributed by atoms with Crippen LogP contribution in [0.4, 0.5) is 0 Å². The van der Waals surface area contributed by atoms with Gasteiger partial charge in [0.05, 0.1) is 12.5 Å². The molecule has 1 saturated heterocycles. The Morgan fingerprint density at radius 2 is 2.25 bits per heavy atom. The van der Waals surface area contributed by atoms with Crippen LogP contribution in [0.15, 0.2) is 12.1 Å². The lowest BCUT2D eigenvalue weighted by molar-refractivity contribution is -0.125. The van der Waals surface area contributed by atoms with Gasteiger partial charge in [0.25, 0.3) is 0 Å². The van der Waals surface area contributed by atoms with Gasteiger partial charge in [-0.25, -0.2) is 0 Å². The molecule has 0 saturated carbocycles. The number of hydrogen-bond donors (Lipinski definition) is 2. The van der Waals surface area contributed by atoms with E-state index in [0.717, 1.165) is 0 Å². The van der Waals surface area contributed by atoms with E-state index in [1.165, 1.54) is 9.75 Å². The molecule has 86 valence electrons. The molecule has 4 nitrogen and oxygen atoms in total. The van der Waals surface area contributed by atoms with Crippen LogP contribution in [-0.2, 0) is 9.59 Å². The zero-order valence-corrected chi connectivity index (χ0v) is 10.1. The van der Waals surface area contributed by atoms with Crippen molar-refractivity contribution in [2.24, 2.45) is 0 Å². The lowest BCUT2D eigenvalue weighted by Gasteiger charge is -2.15. The van der Waals surface area contributed by atoms with Crippen molar-refractivity contribution >= 4 is 23.2 Å². The van der Waals surface area contributed by atoms with Crippen LogP contribution in [0.1, 0.15) is 29.1 Å².